The minimum Gasteiger partial charge on any atom is -0.353 e. The lowest BCUT2D eigenvalue weighted by molar-refractivity contribution is -0.119. The van der Waals surface area contributed by atoms with E-state index in [9.17, 15) is 4.79 Å². The van der Waals surface area contributed by atoms with Crippen LogP contribution in [0.3, 0.4) is 0 Å². The van der Waals surface area contributed by atoms with Crippen molar-refractivity contribution in [2.45, 2.75) is 58.7 Å². The number of nitrogens with zero attached hydrogens (tertiary/aromatic N) is 4. The summed E-state index contributed by atoms with van der Waals surface area (Å²) in [5.74, 6) is 1.58. The van der Waals surface area contributed by atoms with E-state index in [1.807, 2.05) is 26.8 Å². The van der Waals surface area contributed by atoms with Crippen LogP contribution in [0.2, 0.25) is 0 Å². The predicted octanol–water partition coefficient (Wildman–Crippen LogP) is 2.77. The summed E-state index contributed by atoms with van der Waals surface area (Å²) in [5, 5.41) is 7.99. The Labute approximate surface area is 141 Å². The first-order chi connectivity index (χ1) is 10.8. The quantitative estimate of drug-likeness (QED) is 0.788. The lowest BCUT2D eigenvalue weighted by atomic mass is 10.0. The summed E-state index contributed by atoms with van der Waals surface area (Å²) in [6, 6.07) is 2.16. The number of hydrogen-bond donors (Lipinski definition) is 1. The second-order valence-electron chi connectivity index (χ2n) is 6.37. The summed E-state index contributed by atoms with van der Waals surface area (Å²) in [5.41, 5.74) is 1.90. The topological polar surface area (TPSA) is 72.2 Å². The zero-order valence-corrected chi connectivity index (χ0v) is 15.3. The van der Waals surface area contributed by atoms with Gasteiger partial charge in [0.2, 0.25) is 11.1 Å². The molecule has 0 saturated heterocycles. The number of carbonyl (C=O) groups excluding carboxylic acids is 1. The van der Waals surface area contributed by atoms with Crippen LogP contribution in [0.1, 0.15) is 45.0 Å². The van der Waals surface area contributed by atoms with Gasteiger partial charge in [0.25, 0.3) is 5.78 Å². The molecule has 0 aliphatic heterocycles. The van der Waals surface area contributed by atoms with Gasteiger partial charge in [-0.15, -0.1) is 5.10 Å². The lowest BCUT2D eigenvalue weighted by Gasteiger charge is -2.14. The second-order valence-corrected chi connectivity index (χ2v) is 7.32. The lowest BCUT2D eigenvalue weighted by Crippen LogP contribution is -2.34. The Kier molecular flexibility index (Phi) is 5.98. The molecule has 0 aromatic carbocycles. The fourth-order valence-corrected chi connectivity index (χ4v) is 2.94. The molecule has 0 saturated carbocycles. The van der Waals surface area contributed by atoms with Crippen LogP contribution in [-0.4, -0.2) is 37.3 Å². The average Bonchev–Trinajstić information content (AvgIpc) is 2.86. The molecule has 0 spiro atoms. The monoisotopic (exact) mass is 335 g/mol. The molecule has 23 heavy (non-hydrogen) atoms. The third-order valence-corrected chi connectivity index (χ3v) is 4.35. The van der Waals surface area contributed by atoms with Crippen LogP contribution in [0.25, 0.3) is 5.78 Å². The van der Waals surface area contributed by atoms with Crippen LogP contribution in [0.4, 0.5) is 0 Å². The number of thioether (sulfide) groups is 1. The van der Waals surface area contributed by atoms with E-state index in [1.54, 1.807) is 4.52 Å². The first-order valence-electron chi connectivity index (χ1n) is 7.98. The molecule has 6 nitrogen and oxygen atoms in total. The first-order valence-corrected chi connectivity index (χ1v) is 8.97. The molecule has 2 rings (SSSR count). The van der Waals surface area contributed by atoms with Crippen LogP contribution >= 0.6 is 11.8 Å². The van der Waals surface area contributed by atoms with Crippen LogP contribution < -0.4 is 5.32 Å². The van der Waals surface area contributed by atoms with Crippen molar-refractivity contribution < 1.29 is 4.79 Å². The highest BCUT2D eigenvalue weighted by Crippen LogP contribution is 2.15. The predicted molar refractivity (Wildman–Crippen MR) is 92.7 cm³/mol. The summed E-state index contributed by atoms with van der Waals surface area (Å²) in [4.78, 5) is 20.7. The van der Waals surface area contributed by atoms with E-state index in [0.717, 1.165) is 24.2 Å². The van der Waals surface area contributed by atoms with Gasteiger partial charge in [-0.3, -0.25) is 4.79 Å². The molecule has 0 radical (unpaired) electrons. The van der Waals surface area contributed by atoms with Gasteiger partial charge in [-0.25, -0.2) is 9.50 Å². The Hall–Kier alpha value is -1.63. The van der Waals surface area contributed by atoms with Crippen LogP contribution in [0.15, 0.2) is 11.2 Å². The van der Waals surface area contributed by atoms with E-state index in [4.69, 9.17) is 0 Å². The van der Waals surface area contributed by atoms with Crippen molar-refractivity contribution in [3.8, 4) is 0 Å². The zero-order chi connectivity index (χ0) is 17.0. The molecule has 1 amide bonds. The SMILES string of the molecule is Cc1cc(C)n2nc(SCC(=O)N[C@H](C)CCC(C)C)nc2n1. The number of carbonyl (C=O) groups is 1. The number of aromatic nitrogens is 4. The molecule has 0 bridgehead atoms. The summed E-state index contributed by atoms with van der Waals surface area (Å²) < 4.78 is 1.71. The van der Waals surface area contributed by atoms with Crippen molar-refractivity contribution in [3.63, 3.8) is 0 Å². The van der Waals surface area contributed by atoms with E-state index >= 15 is 0 Å². The molecular weight excluding hydrogens is 310 g/mol. The Balaban J connectivity index is 1.88. The largest absolute Gasteiger partial charge is 0.353 e. The Morgan fingerprint density at radius 3 is 2.70 bits per heavy atom. The molecule has 7 heteroatoms. The number of nitrogens with one attached hydrogen (secondary N) is 1. The highest BCUT2D eigenvalue weighted by molar-refractivity contribution is 7.99. The molecule has 0 fully saturated rings. The second kappa shape index (κ2) is 7.77. The van der Waals surface area contributed by atoms with E-state index in [0.29, 0.717) is 22.6 Å². The number of hydrogen-bond acceptors (Lipinski definition) is 5. The molecule has 1 atom stereocenters. The standard InChI is InChI=1S/C16H25N5OS/c1-10(2)6-7-11(3)17-14(22)9-23-16-19-15-18-12(4)8-13(5)21(15)20-16/h8,10-11H,6-7,9H2,1-5H3,(H,17,22)/t11-/m1/s1. The zero-order valence-electron chi connectivity index (χ0n) is 14.5. The third kappa shape index (κ3) is 5.20. The number of aryl methyl sites for hydroxylation is 2. The van der Waals surface area contributed by atoms with Gasteiger partial charge in [0, 0.05) is 17.4 Å². The molecule has 0 unspecified atom stereocenters. The molecule has 126 valence electrons. The number of amides is 1. The van der Waals surface area contributed by atoms with E-state index in [-0.39, 0.29) is 11.9 Å². The van der Waals surface area contributed by atoms with Crippen LogP contribution in [0, 0.1) is 19.8 Å². The average molecular weight is 335 g/mol. The van der Waals surface area contributed by atoms with E-state index in [1.165, 1.54) is 11.8 Å². The highest BCUT2D eigenvalue weighted by atomic mass is 32.2. The van der Waals surface area contributed by atoms with Crippen molar-refractivity contribution >= 4 is 23.4 Å². The van der Waals surface area contributed by atoms with Gasteiger partial charge in [-0.2, -0.15) is 4.98 Å². The minimum atomic E-state index is 0.0194. The summed E-state index contributed by atoms with van der Waals surface area (Å²) >= 11 is 1.34. The van der Waals surface area contributed by atoms with Gasteiger partial charge in [0.15, 0.2) is 0 Å². The maximum Gasteiger partial charge on any atom is 0.253 e. The maximum absolute atomic E-state index is 12.0. The number of fused-ring (bicyclic) bond motifs is 1. The van der Waals surface area contributed by atoms with Gasteiger partial charge < -0.3 is 5.32 Å². The van der Waals surface area contributed by atoms with Crippen LogP contribution in [-0.2, 0) is 4.79 Å². The van der Waals surface area contributed by atoms with Crippen molar-refractivity contribution in [3.05, 3.63) is 17.5 Å². The summed E-state index contributed by atoms with van der Waals surface area (Å²) in [6.07, 6.45) is 2.12. The molecule has 0 aliphatic rings. The van der Waals surface area contributed by atoms with Crippen molar-refractivity contribution in [2.24, 2.45) is 5.92 Å². The first kappa shape index (κ1) is 17.7. The van der Waals surface area contributed by atoms with Gasteiger partial charge in [0.05, 0.1) is 5.75 Å². The molecule has 2 aromatic rings. The number of rotatable bonds is 7. The molecular formula is C16H25N5OS. The molecule has 0 aliphatic carbocycles. The van der Waals surface area contributed by atoms with Gasteiger partial charge in [-0.1, -0.05) is 25.6 Å². The van der Waals surface area contributed by atoms with Gasteiger partial charge >= 0.3 is 0 Å². The highest BCUT2D eigenvalue weighted by Gasteiger charge is 2.12. The van der Waals surface area contributed by atoms with Crippen LogP contribution in [0.5, 0.6) is 0 Å². The summed E-state index contributed by atoms with van der Waals surface area (Å²) in [7, 11) is 0. The van der Waals surface area contributed by atoms with Crippen molar-refractivity contribution in [1.82, 2.24) is 24.9 Å². The maximum atomic E-state index is 12.0. The van der Waals surface area contributed by atoms with Gasteiger partial charge in [-0.05, 0) is 45.6 Å². The minimum absolute atomic E-state index is 0.0194. The third-order valence-electron chi connectivity index (χ3n) is 3.52. The summed E-state index contributed by atoms with van der Waals surface area (Å²) in [6.45, 7) is 10.3. The molecule has 2 aromatic heterocycles. The van der Waals surface area contributed by atoms with Gasteiger partial charge in [0.1, 0.15) is 0 Å². The Morgan fingerprint density at radius 1 is 1.26 bits per heavy atom. The van der Waals surface area contributed by atoms with Crippen molar-refractivity contribution in [1.29, 1.82) is 0 Å². The van der Waals surface area contributed by atoms with Crippen molar-refractivity contribution in [2.75, 3.05) is 5.75 Å². The fourth-order valence-electron chi connectivity index (χ4n) is 2.31. The Morgan fingerprint density at radius 2 is 2.00 bits per heavy atom. The molecule has 2 heterocycles. The molecule has 1 N–H and O–H groups in total. The normalized spacial score (nSPS) is 12.8. The smallest absolute Gasteiger partial charge is 0.253 e. The Bertz CT molecular complexity index is 682. The van der Waals surface area contributed by atoms with E-state index in [2.05, 4.69) is 34.2 Å². The van der Waals surface area contributed by atoms with E-state index < -0.39 is 0 Å². The fraction of sp³-hybridized carbons (Fsp3) is 0.625.